The number of ether oxygens (including phenoxy) is 2. The summed E-state index contributed by atoms with van der Waals surface area (Å²) in [7, 11) is 0. The maximum absolute atomic E-state index is 13.4. The van der Waals surface area contributed by atoms with E-state index in [4.69, 9.17) is 31.2 Å². The molecule has 0 radical (unpaired) electrons. The van der Waals surface area contributed by atoms with Crippen molar-refractivity contribution in [1.29, 1.82) is 0 Å². The molecule has 0 saturated carbocycles. The smallest absolute Gasteiger partial charge is 0.425 e. The number of nitrogens with zero attached hydrogens (tertiary/aromatic N) is 4. The molecule has 0 atom stereocenters. The van der Waals surface area contributed by atoms with Crippen molar-refractivity contribution in [3.63, 3.8) is 0 Å². The highest BCUT2D eigenvalue weighted by molar-refractivity contribution is 6.18. The number of benzene rings is 1. The summed E-state index contributed by atoms with van der Waals surface area (Å²) in [5.41, 5.74) is 0.472. The number of hydrogen-bond acceptors (Lipinski definition) is 6. The summed E-state index contributed by atoms with van der Waals surface area (Å²) >= 11 is 5.96. The van der Waals surface area contributed by atoms with Crippen molar-refractivity contribution in [3.8, 4) is 0 Å². The predicted molar refractivity (Wildman–Crippen MR) is 144 cm³/mol. The van der Waals surface area contributed by atoms with Crippen LogP contribution in [0, 0.1) is 0 Å². The Bertz CT molecular complexity index is 1210. The van der Waals surface area contributed by atoms with Crippen molar-refractivity contribution >= 4 is 51.4 Å². The van der Waals surface area contributed by atoms with Crippen molar-refractivity contribution < 1.29 is 19.1 Å². The van der Waals surface area contributed by atoms with Gasteiger partial charge in [-0.1, -0.05) is 25.1 Å². The van der Waals surface area contributed by atoms with Crippen molar-refractivity contribution in [3.05, 3.63) is 30.0 Å². The van der Waals surface area contributed by atoms with E-state index < -0.39 is 23.4 Å². The number of para-hydroxylation sites is 1. The zero-order valence-corrected chi connectivity index (χ0v) is 23.1. The quantitative estimate of drug-likeness (QED) is 0.243. The first-order valence-electron chi connectivity index (χ1n) is 12.5. The Morgan fingerprint density at radius 3 is 2.17 bits per heavy atom. The highest BCUT2D eigenvalue weighted by Gasteiger charge is 2.36. The Morgan fingerprint density at radius 1 is 1.00 bits per heavy atom. The molecule has 0 saturated heterocycles. The van der Waals surface area contributed by atoms with Gasteiger partial charge in [-0.25, -0.2) is 14.6 Å². The molecule has 0 fully saturated rings. The number of carbonyl (C=O) groups is 2. The number of imide groups is 1. The highest BCUT2D eigenvalue weighted by Crippen LogP contribution is 2.35. The average molecular weight is 517 g/mol. The van der Waals surface area contributed by atoms with Gasteiger partial charge >= 0.3 is 12.2 Å². The summed E-state index contributed by atoms with van der Waals surface area (Å²) in [6.07, 6.45) is 1.67. The third-order valence-corrected chi connectivity index (χ3v) is 5.53. The van der Waals surface area contributed by atoms with Crippen LogP contribution in [0.4, 0.5) is 15.4 Å². The molecule has 36 heavy (non-hydrogen) atoms. The summed E-state index contributed by atoms with van der Waals surface area (Å²) in [6, 6.07) is 7.67. The lowest BCUT2D eigenvalue weighted by atomic mass is 10.0. The van der Waals surface area contributed by atoms with Gasteiger partial charge in [-0.3, -0.25) is 4.68 Å². The minimum Gasteiger partial charge on any atom is -0.443 e. The normalized spacial score (nSPS) is 12.2. The van der Waals surface area contributed by atoms with E-state index in [-0.39, 0.29) is 5.82 Å². The van der Waals surface area contributed by atoms with Crippen molar-refractivity contribution in [1.82, 2.24) is 14.8 Å². The van der Waals surface area contributed by atoms with E-state index in [0.717, 1.165) is 47.0 Å². The van der Waals surface area contributed by atoms with Gasteiger partial charge in [-0.15, -0.1) is 11.6 Å². The Hall–Kier alpha value is -2.87. The molecule has 0 aliphatic rings. The van der Waals surface area contributed by atoms with Gasteiger partial charge in [0.1, 0.15) is 16.7 Å². The largest absolute Gasteiger partial charge is 0.443 e. The Balaban J connectivity index is 2.33. The zero-order chi connectivity index (χ0) is 26.7. The Labute approximate surface area is 217 Å². The van der Waals surface area contributed by atoms with Crippen LogP contribution in [0.5, 0.6) is 0 Å². The van der Waals surface area contributed by atoms with Crippen LogP contribution < -0.4 is 4.90 Å². The molecule has 2 amide bonds. The lowest BCUT2D eigenvalue weighted by Gasteiger charge is -2.28. The van der Waals surface area contributed by atoms with Crippen molar-refractivity contribution in [2.75, 3.05) is 10.8 Å². The van der Waals surface area contributed by atoms with Crippen LogP contribution in [0.2, 0.25) is 0 Å². The van der Waals surface area contributed by atoms with Gasteiger partial charge < -0.3 is 9.47 Å². The number of carbonyl (C=O) groups excluding carboxylic acids is 2. The molecule has 0 aliphatic heterocycles. The van der Waals surface area contributed by atoms with Crippen LogP contribution in [0.15, 0.2) is 24.3 Å². The number of hydrogen-bond donors (Lipinski definition) is 0. The average Bonchev–Trinajstić information content (AvgIpc) is 3.10. The summed E-state index contributed by atoms with van der Waals surface area (Å²) in [4.78, 5) is 32.4. The molecule has 2 aromatic heterocycles. The third kappa shape index (κ3) is 6.46. The van der Waals surface area contributed by atoms with Gasteiger partial charge in [0.15, 0.2) is 5.82 Å². The maximum Gasteiger partial charge on any atom is 0.425 e. The molecule has 3 rings (SSSR count). The molecule has 8 nitrogen and oxygen atoms in total. The van der Waals surface area contributed by atoms with E-state index in [9.17, 15) is 9.59 Å². The minimum atomic E-state index is -0.866. The van der Waals surface area contributed by atoms with E-state index in [1.807, 2.05) is 28.9 Å². The number of anilines is 1. The van der Waals surface area contributed by atoms with Gasteiger partial charge in [-0.2, -0.15) is 10.00 Å². The van der Waals surface area contributed by atoms with Crippen LogP contribution in [-0.4, -0.2) is 44.0 Å². The molecule has 9 heteroatoms. The lowest BCUT2D eigenvalue weighted by Crippen LogP contribution is -2.44. The topological polar surface area (TPSA) is 86.6 Å². The molecule has 1 aromatic carbocycles. The Kier molecular flexibility index (Phi) is 8.49. The molecule has 0 N–H and O–H groups in total. The number of fused-ring (bicyclic) bond motifs is 3. The monoisotopic (exact) mass is 516 g/mol. The van der Waals surface area contributed by atoms with E-state index in [0.29, 0.717) is 23.5 Å². The number of halogens is 1. The van der Waals surface area contributed by atoms with Crippen molar-refractivity contribution in [2.45, 2.75) is 91.9 Å². The van der Waals surface area contributed by atoms with E-state index in [1.165, 1.54) is 0 Å². The van der Waals surface area contributed by atoms with Crippen LogP contribution in [0.3, 0.4) is 0 Å². The van der Waals surface area contributed by atoms with E-state index >= 15 is 0 Å². The highest BCUT2D eigenvalue weighted by atomic mass is 35.5. The number of pyridine rings is 1. The van der Waals surface area contributed by atoms with Gasteiger partial charge in [0.25, 0.3) is 0 Å². The Morgan fingerprint density at radius 2 is 1.61 bits per heavy atom. The fraction of sp³-hybridized carbons (Fsp3) is 0.556. The SMILES string of the molecule is CCCn1nc2c(N(C(=O)OC(C)(C)C)C(=O)OC(C)(C)C)nc3ccccc3c2c1CCCCCl. The maximum atomic E-state index is 13.4. The number of unbranched alkanes of at least 4 members (excludes halogenated alkanes) is 1. The number of aromatic nitrogens is 3. The van der Waals surface area contributed by atoms with Crippen LogP contribution >= 0.6 is 11.6 Å². The first kappa shape index (κ1) is 27.7. The van der Waals surface area contributed by atoms with Gasteiger partial charge in [-0.05, 0) is 73.3 Å². The number of amides is 2. The molecule has 2 heterocycles. The summed E-state index contributed by atoms with van der Waals surface area (Å²) < 4.78 is 13.2. The van der Waals surface area contributed by atoms with E-state index in [2.05, 4.69) is 6.92 Å². The number of alkyl halides is 1. The number of rotatable bonds is 7. The summed E-state index contributed by atoms with van der Waals surface area (Å²) in [5.74, 6) is 0.680. The standard InChI is InChI=1S/C27H37ClN4O4/c1-8-17-31-20(15-11-12-16-28)21-18-13-9-10-14-19(18)29-23(22(21)30-31)32(24(33)35-26(2,3)4)25(34)36-27(5,6)7/h9-10,13-14H,8,11-12,15-17H2,1-7H3. The van der Waals surface area contributed by atoms with Crippen LogP contribution in [0.25, 0.3) is 21.8 Å². The molecule has 0 bridgehead atoms. The molecule has 0 spiro atoms. The van der Waals surface area contributed by atoms with Crippen LogP contribution in [0.1, 0.15) is 73.4 Å². The van der Waals surface area contributed by atoms with Gasteiger partial charge in [0.05, 0.1) is 5.52 Å². The summed E-state index contributed by atoms with van der Waals surface area (Å²) in [6.45, 7) is 13.2. The second-order valence-electron chi connectivity index (χ2n) is 10.8. The lowest BCUT2D eigenvalue weighted by molar-refractivity contribution is 0.0429. The molecular formula is C27H37ClN4O4. The molecule has 0 aliphatic carbocycles. The predicted octanol–water partition coefficient (Wildman–Crippen LogP) is 7.23. The van der Waals surface area contributed by atoms with Gasteiger partial charge in [0.2, 0.25) is 0 Å². The second kappa shape index (κ2) is 11.0. The van der Waals surface area contributed by atoms with Crippen molar-refractivity contribution in [2.24, 2.45) is 0 Å². The molecule has 0 unspecified atom stereocenters. The second-order valence-corrected chi connectivity index (χ2v) is 11.2. The van der Waals surface area contributed by atoms with E-state index in [1.54, 1.807) is 41.5 Å². The summed E-state index contributed by atoms with van der Waals surface area (Å²) in [5, 5.41) is 6.65. The fourth-order valence-corrected chi connectivity index (χ4v) is 4.13. The minimum absolute atomic E-state index is 0.0978. The number of aryl methyl sites for hydroxylation is 2. The van der Waals surface area contributed by atoms with Crippen LogP contribution in [-0.2, 0) is 22.4 Å². The first-order valence-corrected chi connectivity index (χ1v) is 13.0. The molecule has 3 aromatic rings. The first-order chi connectivity index (χ1) is 16.9. The third-order valence-electron chi connectivity index (χ3n) is 5.27. The fourth-order valence-electron chi connectivity index (χ4n) is 3.94. The van der Waals surface area contributed by atoms with Gasteiger partial charge in [0, 0.05) is 28.9 Å². The molecular weight excluding hydrogens is 480 g/mol. The zero-order valence-electron chi connectivity index (χ0n) is 22.4. The molecule has 196 valence electrons.